The molecule has 3 atom stereocenters. The molecule has 4 nitrogen and oxygen atoms in total. The molecular weight excluding hydrogens is 242 g/mol. The van der Waals surface area contributed by atoms with Gasteiger partial charge < -0.3 is 20.3 Å². The highest BCUT2D eigenvalue weighted by molar-refractivity contribution is 5.22. The molecule has 1 aromatic rings. The number of aliphatic hydroxyl groups excluding tert-OH is 1. The molecule has 0 spiro atoms. The second kappa shape index (κ2) is 5.59. The van der Waals surface area contributed by atoms with Crippen molar-refractivity contribution in [3.63, 3.8) is 0 Å². The van der Waals surface area contributed by atoms with Crippen molar-refractivity contribution in [2.45, 2.75) is 51.2 Å². The zero-order chi connectivity index (χ0) is 14.0. The number of aryl methyl sites for hydroxylation is 1. The third kappa shape index (κ3) is 3.54. The number of aliphatic hydroxyl groups is 1. The Morgan fingerprint density at radius 1 is 1.26 bits per heavy atom. The molecule has 0 saturated carbocycles. The molecule has 1 aromatic carbocycles. The summed E-state index contributed by atoms with van der Waals surface area (Å²) in [5.41, 5.74) is 8.33. The Labute approximate surface area is 114 Å². The summed E-state index contributed by atoms with van der Waals surface area (Å²) in [4.78, 5) is 0. The normalized spacial score (nSPS) is 27.4. The minimum absolute atomic E-state index is 0.103. The van der Waals surface area contributed by atoms with Crippen molar-refractivity contribution in [1.82, 2.24) is 0 Å². The van der Waals surface area contributed by atoms with Gasteiger partial charge in [-0.3, -0.25) is 0 Å². The van der Waals surface area contributed by atoms with E-state index in [1.54, 1.807) is 0 Å². The van der Waals surface area contributed by atoms with Crippen LogP contribution in [-0.4, -0.2) is 35.8 Å². The zero-order valence-corrected chi connectivity index (χ0v) is 11.8. The van der Waals surface area contributed by atoms with Gasteiger partial charge in [-0.05, 0) is 26.3 Å². The zero-order valence-electron chi connectivity index (χ0n) is 11.8. The highest BCUT2D eigenvalue weighted by Gasteiger charge is 2.43. The first-order chi connectivity index (χ1) is 8.91. The highest BCUT2D eigenvalue weighted by Crippen LogP contribution is 2.31. The quantitative estimate of drug-likeness (QED) is 0.863. The molecule has 1 aliphatic rings. The molecule has 0 aliphatic carbocycles. The lowest BCUT2D eigenvalue weighted by Crippen LogP contribution is -2.44. The lowest BCUT2D eigenvalue weighted by Gasteiger charge is -2.21. The van der Waals surface area contributed by atoms with E-state index in [-0.39, 0.29) is 18.8 Å². The largest absolute Gasteiger partial charge is 0.395 e. The minimum Gasteiger partial charge on any atom is -0.395 e. The second-order valence-corrected chi connectivity index (χ2v) is 5.67. The van der Waals surface area contributed by atoms with Crippen molar-refractivity contribution >= 4 is 0 Å². The van der Waals surface area contributed by atoms with Crippen molar-refractivity contribution in [1.29, 1.82) is 0 Å². The first-order valence-electron chi connectivity index (χ1n) is 6.69. The van der Waals surface area contributed by atoms with E-state index in [9.17, 15) is 5.11 Å². The van der Waals surface area contributed by atoms with Gasteiger partial charge in [0.25, 0.3) is 0 Å². The van der Waals surface area contributed by atoms with E-state index >= 15 is 0 Å². The summed E-state index contributed by atoms with van der Waals surface area (Å²) in [6.07, 6.45) is 0.336. The Balaban J connectivity index is 2.10. The van der Waals surface area contributed by atoms with Crippen LogP contribution in [0.15, 0.2) is 24.3 Å². The number of ether oxygens (including phenoxy) is 2. The minimum atomic E-state index is -0.646. The summed E-state index contributed by atoms with van der Waals surface area (Å²) in [7, 11) is 0. The van der Waals surface area contributed by atoms with E-state index in [2.05, 4.69) is 31.2 Å². The Kier molecular flexibility index (Phi) is 4.26. The summed E-state index contributed by atoms with van der Waals surface area (Å²) < 4.78 is 11.7. The van der Waals surface area contributed by atoms with Gasteiger partial charge in [-0.25, -0.2) is 0 Å². The number of nitrogens with two attached hydrogens (primary N) is 1. The number of hydrogen-bond donors (Lipinski definition) is 2. The lowest BCUT2D eigenvalue weighted by atomic mass is 9.99. The summed E-state index contributed by atoms with van der Waals surface area (Å²) in [6.45, 7) is 5.71. The standard InChI is InChI=1S/C15H23NO3/c1-10-4-6-11(7-5-10)8-13-14(12(16)9-17)19-15(2,3)18-13/h4-7,12-14,17H,8-9,16H2,1-3H3/t12-,13+,14-/m0/s1. The van der Waals surface area contributed by atoms with Gasteiger partial charge in [0.05, 0.1) is 18.8 Å². The molecule has 0 unspecified atom stereocenters. The highest BCUT2D eigenvalue weighted by atomic mass is 16.8. The first kappa shape index (κ1) is 14.5. The van der Waals surface area contributed by atoms with E-state index < -0.39 is 11.8 Å². The Morgan fingerprint density at radius 3 is 2.47 bits per heavy atom. The molecule has 19 heavy (non-hydrogen) atoms. The van der Waals surface area contributed by atoms with Crippen LogP contribution in [0.25, 0.3) is 0 Å². The molecule has 0 radical (unpaired) electrons. The van der Waals surface area contributed by atoms with Crippen LogP contribution in [0.1, 0.15) is 25.0 Å². The van der Waals surface area contributed by atoms with Crippen LogP contribution in [0.5, 0.6) is 0 Å². The van der Waals surface area contributed by atoms with Crippen molar-refractivity contribution in [2.75, 3.05) is 6.61 Å². The van der Waals surface area contributed by atoms with Gasteiger partial charge >= 0.3 is 0 Å². The fraction of sp³-hybridized carbons (Fsp3) is 0.600. The van der Waals surface area contributed by atoms with Crippen molar-refractivity contribution < 1.29 is 14.6 Å². The van der Waals surface area contributed by atoms with Crippen LogP contribution in [0, 0.1) is 6.92 Å². The molecule has 2 rings (SSSR count). The van der Waals surface area contributed by atoms with Crippen LogP contribution in [-0.2, 0) is 15.9 Å². The van der Waals surface area contributed by atoms with E-state index in [4.69, 9.17) is 15.2 Å². The molecule has 106 valence electrons. The first-order valence-corrected chi connectivity index (χ1v) is 6.69. The Morgan fingerprint density at radius 2 is 1.89 bits per heavy atom. The second-order valence-electron chi connectivity index (χ2n) is 5.67. The predicted octanol–water partition coefficient (Wildman–Crippen LogP) is 1.38. The molecule has 4 heteroatoms. The fourth-order valence-corrected chi connectivity index (χ4v) is 2.44. The van der Waals surface area contributed by atoms with Gasteiger partial charge in [0.1, 0.15) is 6.10 Å². The topological polar surface area (TPSA) is 64.7 Å². The van der Waals surface area contributed by atoms with Gasteiger partial charge in [0.15, 0.2) is 5.79 Å². The molecule has 0 amide bonds. The molecule has 0 bridgehead atoms. The maximum atomic E-state index is 9.23. The Bertz CT molecular complexity index is 416. The third-order valence-corrected chi connectivity index (χ3v) is 3.41. The fourth-order valence-electron chi connectivity index (χ4n) is 2.44. The SMILES string of the molecule is Cc1ccc(C[C@H]2OC(C)(C)O[C@H]2[C@@H](N)CO)cc1. The maximum absolute atomic E-state index is 9.23. The van der Waals surface area contributed by atoms with Crippen LogP contribution in [0.4, 0.5) is 0 Å². The van der Waals surface area contributed by atoms with Crippen LogP contribution >= 0.6 is 0 Å². The molecular formula is C15H23NO3. The van der Waals surface area contributed by atoms with Gasteiger partial charge in [-0.1, -0.05) is 29.8 Å². The smallest absolute Gasteiger partial charge is 0.163 e. The summed E-state index contributed by atoms with van der Waals surface area (Å²) in [5, 5.41) is 9.23. The van der Waals surface area contributed by atoms with Crippen molar-refractivity contribution in [2.24, 2.45) is 5.73 Å². The van der Waals surface area contributed by atoms with E-state index in [0.717, 1.165) is 6.42 Å². The van der Waals surface area contributed by atoms with Crippen LogP contribution in [0.3, 0.4) is 0 Å². The van der Waals surface area contributed by atoms with Crippen LogP contribution < -0.4 is 5.73 Å². The van der Waals surface area contributed by atoms with Gasteiger partial charge in [-0.2, -0.15) is 0 Å². The maximum Gasteiger partial charge on any atom is 0.163 e. The number of benzene rings is 1. The summed E-state index contributed by atoms with van der Waals surface area (Å²) in [5.74, 6) is -0.646. The summed E-state index contributed by atoms with van der Waals surface area (Å²) >= 11 is 0. The molecule has 1 aliphatic heterocycles. The average Bonchev–Trinajstić information content (AvgIpc) is 2.66. The number of rotatable bonds is 4. The van der Waals surface area contributed by atoms with Gasteiger partial charge in [0, 0.05) is 6.42 Å². The molecule has 3 N–H and O–H groups in total. The number of hydrogen-bond acceptors (Lipinski definition) is 4. The van der Waals surface area contributed by atoms with Crippen molar-refractivity contribution in [3.8, 4) is 0 Å². The van der Waals surface area contributed by atoms with E-state index in [1.165, 1.54) is 11.1 Å². The molecule has 1 heterocycles. The Hall–Kier alpha value is -0.940. The van der Waals surface area contributed by atoms with Gasteiger partial charge in [-0.15, -0.1) is 0 Å². The van der Waals surface area contributed by atoms with Gasteiger partial charge in [0.2, 0.25) is 0 Å². The van der Waals surface area contributed by atoms with E-state index in [1.807, 2.05) is 13.8 Å². The lowest BCUT2D eigenvalue weighted by molar-refractivity contribution is -0.148. The molecule has 1 fully saturated rings. The predicted molar refractivity (Wildman–Crippen MR) is 73.8 cm³/mol. The molecule has 1 saturated heterocycles. The third-order valence-electron chi connectivity index (χ3n) is 3.41. The van der Waals surface area contributed by atoms with E-state index in [0.29, 0.717) is 0 Å². The molecule has 0 aromatic heterocycles. The summed E-state index contributed by atoms with van der Waals surface area (Å²) in [6, 6.07) is 7.92. The van der Waals surface area contributed by atoms with Crippen LogP contribution in [0.2, 0.25) is 0 Å². The average molecular weight is 265 g/mol. The van der Waals surface area contributed by atoms with Crippen molar-refractivity contribution in [3.05, 3.63) is 35.4 Å². The monoisotopic (exact) mass is 265 g/mol.